The van der Waals surface area contributed by atoms with E-state index in [1.54, 1.807) is 0 Å². The lowest BCUT2D eigenvalue weighted by Gasteiger charge is -2.22. The van der Waals surface area contributed by atoms with Gasteiger partial charge in [-0.1, -0.05) is 149 Å². The molecule has 0 bridgehead atoms. The number of furan rings is 2. The zero-order valence-electron chi connectivity index (χ0n) is 37.3. The Balaban J connectivity index is 0.777. The Hall–Kier alpha value is -7.94. The molecule has 2 aliphatic carbocycles. The van der Waals surface area contributed by atoms with Crippen LogP contribution >= 0.6 is 0 Å². The van der Waals surface area contributed by atoms with Crippen LogP contribution < -0.4 is 0 Å². The Morgan fingerprint density at radius 3 is 1.06 bits per heavy atom. The van der Waals surface area contributed by atoms with Crippen LogP contribution in [-0.4, -0.2) is 0 Å². The minimum Gasteiger partial charge on any atom is -0.456 e. The molecule has 0 amide bonds. The molecule has 14 rings (SSSR count). The Bertz CT molecular complexity index is 3800. The molecule has 0 unspecified atom stereocenters. The number of benzene rings is 10. The van der Waals surface area contributed by atoms with Crippen molar-refractivity contribution in [3.63, 3.8) is 0 Å². The first-order valence-electron chi connectivity index (χ1n) is 23.1. The van der Waals surface area contributed by atoms with Gasteiger partial charge in [0.15, 0.2) is 0 Å². The average molecular weight is 845 g/mol. The van der Waals surface area contributed by atoms with E-state index in [1.165, 1.54) is 77.9 Å². The van der Waals surface area contributed by atoms with Gasteiger partial charge in [-0.2, -0.15) is 0 Å². The Morgan fingerprint density at radius 1 is 0.258 bits per heavy atom. The molecule has 12 aromatic rings. The summed E-state index contributed by atoms with van der Waals surface area (Å²) in [5.74, 6) is 0. The molecule has 2 nitrogen and oxygen atoms in total. The number of rotatable bonds is 4. The Morgan fingerprint density at radius 2 is 0.606 bits per heavy atom. The minimum atomic E-state index is -0.0381. The molecule has 10 aromatic carbocycles. The van der Waals surface area contributed by atoms with Crippen molar-refractivity contribution in [3.8, 4) is 66.8 Å². The number of hydrogen-bond acceptors (Lipinski definition) is 2. The van der Waals surface area contributed by atoms with Crippen LogP contribution in [0, 0.1) is 0 Å². The van der Waals surface area contributed by atoms with Gasteiger partial charge in [-0.3, -0.25) is 0 Å². The standard InChI is InChI=1S/C64H44O2/c1-63(2)55-17-7-5-15-47(55)49-23-19-41(31-57(49)63)37-11-9-13-39(27-37)43-21-25-51-53-29-45-30-54-52-26-22-44(34-60(52)66-62(54)36-46(45)35-61(53)65-59(51)33-43)40-14-10-12-38(28-40)42-20-24-50-48-16-6-8-18-56(48)64(3,4)58(50)32-42/h5-36H,1-4H3. The lowest BCUT2D eigenvalue weighted by molar-refractivity contribution is 0.660. The number of hydrogen-bond donors (Lipinski definition) is 0. The van der Waals surface area contributed by atoms with E-state index in [9.17, 15) is 0 Å². The summed E-state index contributed by atoms with van der Waals surface area (Å²) in [6.45, 7) is 9.37. The van der Waals surface area contributed by atoms with Crippen molar-refractivity contribution in [2.24, 2.45) is 0 Å². The van der Waals surface area contributed by atoms with Gasteiger partial charge in [0.05, 0.1) is 0 Å². The third-order valence-electron chi connectivity index (χ3n) is 15.2. The van der Waals surface area contributed by atoms with Crippen molar-refractivity contribution in [1.82, 2.24) is 0 Å². The van der Waals surface area contributed by atoms with E-state index in [4.69, 9.17) is 8.83 Å². The van der Waals surface area contributed by atoms with E-state index in [-0.39, 0.29) is 10.8 Å². The molecule has 0 radical (unpaired) electrons. The van der Waals surface area contributed by atoms with Crippen LogP contribution in [0.4, 0.5) is 0 Å². The maximum atomic E-state index is 6.63. The van der Waals surface area contributed by atoms with Crippen LogP contribution in [0.5, 0.6) is 0 Å². The van der Waals surface area contributed by atoms with Gasteiger partial charge in [-0.25, -0.2) is 0 Å². The van der Waals surface area contributed by atoms with Gasteiger partial charge in [-0.05, 0) is 173 Å². The third-order valence-corrected chi connectivity index (χ3v) is 15.2. The summed E-state index contributed by atoms with van der Waals surface area (Å²) in [7, 11) is 0. The molecule has 0 spiro atoms. The smallest absolute Gasteiger partial charge is 0.136 e. The first-order chi connectivity index (χ1) is 32.2. The van der Waals surface area contributed by atoms with Gasteiger partial charge in [0, 0.05) is 32.4 Å². The maximum Gasteiger partial charge on any atom is 0.136 e. The summed E-state index contributed by atoms with van der Waals surface area (Å²) < 4.78 is 13.3. The zero-order chi connectivity index (χ0) is 44.1. The van der Waals surface area contributed by atoms with Gasteiger partial charge < -0.3 is 8.83 Å². The molecule has 0 N–H and O–H groups in total. The van der Waals surface area contributed by atoms with Crippen LogP contribution in [0.3, 0.4) is 0 Å². The largest absolute Gasteiger partial charge is 0.456 e. The first kappa shape index (κ1) is 37.4. The second kappa shape index (κ2) is 13.3. The van der Waals surface area contributed by atoms with Gasteiger partial charge in [0.1, 0.15) is 22.3 Å². The zero-order valence-corrected chi connectivity index (χ0v) is 37.3. The molecule has 0 atom stereocenters. The van der Waals surface area contributed by atoms with Crippen molar-refractivity contribution in [2.75, 3.05) is 0 Å². The molecule has 0 aliphatic heterocycles. The van der Waals surface area contributed by atoms with Gasteiger partial charge in [0.25, 0.3) is 0 Å². The quantitative estimate of drug-likeness (QED) is 0.176. The molecular formula is C64H44O2. The summed E-state index contributed by atoms with van der Waals surface area (Å²) in [6, 6.07) is 71.6. The minimum absolute atomic E-state index is 0.0381. The molecule has 0 saturated carbocycles. The van der Waals surface area contributed by atoms with E-state index >= 15 is 0 Å². The molecule has 2 aromatic heterocycles. The predicted octanol–water partition coefficient (Wildman–Crippen LogP) is 17.9. The molecule has 2 heterocycles. The summed E-state index contributed by atoms with van der Waals surface area (Å²) in [4.78, 5) is 0. The fourth-order valence-electron chi connectivity index (χ4n) is 11.7. The van der Waals surface area contributed by atoms with E-state index < -0.39 is 0 Å². The van der Waals surface area contributed by atoms with Gasteiger partial charge in [0.2, 0.25) is 0 Å². The van der Waals surface area contributed by atoms with E-state index in [0.29, 0.717) is 0 Å². The van der Waals surface area contributed by atoms with Gasteiger partial charge >= 0.3 is 0 Å². The van der Waals surface area contributed by atoms with Crippen molar-refractivity contribution in [2.45, 2.75) is 38.5 Å². The highest BCUT2D eigenvalue weighted by molar-refractivity contribution is 6.15. The fourth-order valence-corrected chi connectivity index (χ4v) is 11.7. The second-order valence-corrected chi connectivity index (χ2v) is 19.7. The Kier molecular flexibility index (Phi) is 7.55. The lowest BCUT2D eigenvalue weighted by atomic mass is 9.81. The van der Waals surface area contributed by atoms with Crippen molar-refractivity contribution in [1.29, 1.82) is 0 Å². The summed E-state index contributed by atoms with van der Waals surface area (Å²) in [6.07, 6.45) is 0. The SMILES string of the molecule is CC1(C)c2ccccc2-c2ccc(-c3cccc(-c4ccc5c(c4)oc4cc6cc7oc8cc(-c9cccc(-c%10ccc%11c(c%10)C(C)(C)c%10ccccc%10-%11)c9)ccc8c7cc6cc45)c3)cc21. The van der Waals surface area contributed by atoms with Crippen LogP contribution in [0.25, 0.3) is 121 Å². The summed E-state index contributed by atoms with van der Waals surface area (Å²) in [5.41, 5.74) is 23.9. The average Bonchev–Trinajstić information content (AvgIpc) is 4.03. The highest BCUT2D eigenvalue weighted by Crippen LogP contribution is 2.51. The summed E-state index contributed by atoms with van der Waals surface area (Å²) in [5, 5.41) is 6.72. The second-order valence-electron chi connectivity index (χ2n) is 19.7. The molecule has 0 saturated heterocycles. The normalized spacial score (nSPS) is 14.3. The molecule has 66 heavy (non-hydrogen) atoms. The molecule has 2 aliphatic rings. The maximum absolute atomic E-state index is 6.63. The van der Waals surface area contributed by atoms with E-state index in [0.717, 1.165) is 65.8 Å². The van der Waals surface area contributed by atoms with E-state index in [1.807, 2.05) is 0 Å². The number of fused-ring (bicyclic) bond motifs is 13. The predicted molar refractivity (Wildman–Crippen MR) is 275 cm³/mol. The highest BCUT2D eigenvalue weighted by atomic mass is 16.3. The lowest BCUT2D eigenvalue weighted by Crippen LogP contribution is -2.14. The van der Waals surface area contributed by atoms with Crippen LogP contribution in [0.1, 0.15) is 49.9 Å². The molecule has 312 valence electrons. The Labute approximate surface area is 383 Å². The first-order valence-corrected chi connectivity index (χ1v) is 23.1. The van der Waals surface area contributed by atoms with Gasteiger partial charge in [-0.15, -0.1) is 0 Å². The van der Waals surface area contributed by atoms with Crippen molar-refractivity contribution in [3.05, 3.63) is 216 Å². The molecular weight excluding hydrogens is 801 g/mol. The topological polar surface area (TPSA) is 26.3 Å². The third kappa shape index (κ3) is 5.36. The van der Waals surface area contributed by atoms with Crippen LogP contribution in [0.15, 0.2) is 203 Å². The van der Waals surface area contributed by atoms with Crippen LogP contribution in [-0.2, 0) is 10.8 Å². The highest BCUT2D eigenvalue weighted by Gasteiger charge is 2.36. The fraction of sp³-hybridized carbons (Fsp3) is 0.0938. The van der Waals surface area contributed by atoms with E-state index in [2.05, 4.69) is 222 Å². The van der Waals surface area contributed by atoms with Crippen molar-refractivity contribution < 1.29 is 8.83 Å². The summed E-state index contributed by atoms with van der Waals surface area (Å²) >= 11 is 0. The monoisotopic (exact) mass is 844 g/mol. The molecule has 2 heteroatoms. The molecule has 0 fully saturated rings. The van der Waals surface area contributed by atoms with Crippen molar-refractivity contribution >= 4 is 54.6 Å². The van der Waals surface area contributed by atoms with Crippen LogP contribution in [0.2, 0.25) is 0 Å².